The fourth-order valence-corrected chi connectivity index (χ4v) is 3.27. The smallest absolute Gasteiger partial charge is 0.235 e. The normalized spacial score (nSPS) is 18.3. The number of hydrogen-bond donors (Lipinski definition) is 0. The second kappa shape index (κ2) is 6.96. The molecule has 1 fully saturated rings. The van der Waals surface area contributed by atoms with E-state index in [2.05, 4.69) is 24.0 Å². The number of thioether (sulfide) groups is 1. The Morgan fingerprint density at radius 3 is 2.42 bits per heavy atom. The average Bonchev–Trinajstić information content (AvgIpc) is 2.47. The molecule has 0 N–H and O–H groups in total. The van der Waals surface area contributed by atoms with Gasteiger partial charge in [0.05, 0.1) is 5.25 Å². The summed E-state index contributed by atoms with van der Waals surface area (Å²) in [6.45, 7) is 9.00. The Hall–Kier alpha value is -1.00. The third kappa shape index (κ3) is 3.98. The number of carbonyl (C=O) groups is 1. The minimum Gasteiger partial charge on any atom is -0.339 e. The number of nitrogens with zero attached hydrogens (tertiary/aromatic N) is 2. The zero-order chi connectivity index (χ0) is 13.7. The zero-order valence-electron chi connectivity index (χ0n) is 11.7. The molecule has 0 aromatic heterocycles. The van der Waals surface area contributed by atoms with Gasteiger partial charge in [-0.1, -0.05) is 25.1 Å². The molecule has 2 rings (SSSR count). The number of amides is 1. The fourth-order valence-electron chi connectivity index (χ4n) is 2.30. The van der Waals surface area contributed by atoms with Crippen LogP contribution in [0.4, 0.5) is 0 Å². The van der Waals surface area contributed by atoms with E-state index >= 15 is 0 Å². The Bertz CT molecular complexity index is 402. The molecule has 1 aliphatic rings. The van der Waals surface area contributed by atoms with Gasteiger partial charge in [-0.3, -0.25) is 4.79 Å². The lowest BCUT2D eigenvalue weighted by molar-refractivity contribution is -0.132. The van der Waals surface area contributed by atoms with Crippen LogP contribution in [-0.4, -0.2) is 53.7 Å². The second-order valence-corrected chi connectivity index (χ2v) is 6.25. The van der Waals surface area contributed by atoms with Crippen LogP contribution in [0.5, 0.6) is 0 Å². The highest BCUT2D eigenvalue weighted by Crippen LogP contribution is 2.24. The Morgan fingerprint density at radius 2 is 1.84 bits per heavy atom. The summed E-state index contributed by atoms with van der Waals surface area (Å²) in [5.74, 6) is 0.268. The number of hydrogen-bond acceptors (Lipinski definition) is 3. The molecule has 1 aromatic rings. The first-order valence-electron chi connectivity index (χ1n) is 6.93. The topological polar surface area (TPSA) is 23.6 Å². The van der Waals surface area contributed by atoms with E-state index in [1.165, 1.54) is 0 Å². The Kier molecular flexibility index (Phi) is 5.28. The van der Waals surface area contributed by atoms with Crippen molar-refractivity contribution in [1.82, 2.24) is 9.80 Å². The van der Waals surface area contributed by atoms with E-state index in [9.17, 15) is 4.79 Å². The van der Waals surface area contributed by atoms with E-state index in [0.717, 1.165) is 37.6 Å². The standard InChI is InChI=1S/C15H22N2OS/c1-3-16-9-11-17(12-10-16)15(18)13(2)19-14-7-5-4-6-8-14/h4-8,13H,3,9-12H2,1-2H3. The molecule has 1 aliphatic heterocycles. The summed E-state index contributed by atoms with van der Waals surface area (Å²) in [5, 5.41) is -0.00410. The van der Waals surface area contributed by atoms with Crippen LogP contribution in [0, 0.1) is 0 Å². The summed E-state index contributed by atoms with van der Waals surface area (Å²) in [5.41, 5.74) is 0. The third-order valence-electron chi connectivity index (χ3n) is 3.54. The van der Waals surface area contributed by atoms with Gasteiger partial charge in [-0.15, -0.1) is 11.8 Å². The molecule has 1 saturated heterocycles. The van der Waals surface area contributed by atoms with Crippen LogP contribution in [0.15, 0.2) is 35.2 Å². The fraction of sp³-hybridized carbons (Fsp3) is 0.533. The van der Waals surface area contributed by atoms with Gasteiger partial charge in [-0.25, -0.2) is 0 Å². The van der Waals surface area contributed by atoms with Crippen LogP contribution in [0.1, 0.15) is 13.8 Å². The molecular weight excluding hydrogens is 256 g/mol. The lowest BCUT2D eigenvalue weighted by Crippen LogP contribution is -2.50. The second-order valence-electron chi connectivity index (χ2n) is 4.83. The van der Waals surface area contributed by atoms with E-state index in [1.807, 2.05) is 30.0 Å². The molecule has 0 aliphatic carbocycles. The van der Waals surface area contributed by atoms with Crippen LogP contribution in [0.25, 0.3) is 0 Å². The van der Waals surface area contributed by atoms with E-state index < -0.39 is 0 Å². The summed E-state index contributed by atoms with van der Waals surface area (Å²) in [4.78, 5) is 17.9. The number of likely N-dealkylation sites (N-methyl/N-ethyl adjacent to an activating group) is 1. The van der Waals surface area contributed by atoms with E-state index in [4.69, 9.17) is 0 Å². The van der Waals surface area contributed by atoms with Crippen molar-refractivity contribution < 1.29 is 4.79 Å². The molecule has 0 bridgehead atoms. The van der Waals surface area contributed by atoms with Gasteiger partial charge >= 0.3 is 0 Å². The highest BCUT2D eigenvalue weighted by Gasteiger charge is 2.24. The number of carbonyl (C=O) groups excluding carboxylic acids is 1. The van der Waals surface area contributed by atoms with Gasteiger partial charge in [0, 0.05) is 31.1 Å². The van der Waals surface area contributed by atoms with Gasteiger partial charge in [0.25, 0.3) is 0 Å². The first-order valence-corrected chi connectivity index (χ1v) is 7.81. The number of piperazine rings is 1. The van der Waals surface area contributed by atoms with Gasteiger partial charge < -0.3 is 9.80 Å². The summed E-state index contributed by atoms with van der Waals surface area (Å²) in [7, 11) is 0. The van der Waals surface area contributed by atoms with Crippen molar-refractivity contribution in [2.24, 2.45) is 0 Å². The molecular formula is C15H22N2OS. The molecule has 3 nitrogen and oxygen atoms in total. The van der Waals surface area contributed by atoms with Crippen LogP contribution in [-0.2, 0) is 4.79 Å². The van der Waals surface area contributed by atoms with Crippen molar-refractivity contribution in [3.05, 3.63) is 30.3 Å². The number of rotatable bonds is 4. The van der Waals surface area contributed by atoms with Crippen LogP contribution in [0.2, 0.25) is 0 Å². The van der Waals surface area contributed by atoms with Gasteiger partial charge in [0.2, 0.25) is 5.91 Å². The lowest BCUT2D eigenvalue weighted by Gasteiger charge is -2.35. The molecule has 1 atom stereocenters. The largest absolute Gasteiger partial charge is 0.339 e. The Balaban J connectivity index is 1.86. The Labute approximate surface area is 120 Å². The molecule has 104 valence electrons. The molecule has 0 saturated carbocycles. The van der Waals surface area contributed by atoms with Crippen LogP contribution < -0.4 is 0 Å². The zero-order valence-corrected chi connectivity index (χ0v) is 12.5. The van der Waals surface area contributed by atoms with Crippen molar-refractivity contribution in [2.45, 2.75) is 24.0 Å². The summed E-state index contributed by atoms with van der Waals surface area (Å²) < 4.78 is 0. The van der Waals surface area contributed by atoms with Gasteiger partial charge in [-0.05, 0) is 25.6 Å². The molecule has 19 heavy (non-hydrogen) atoms. The van der Waals surface area contributed by atoms with Crippen LogP contribution >= 0.6 is 11.8 Å². The van der Waals surface area contributed by atoms with Crippen molar-refractivity contribution in [3.8, 4) is 0 Å². The van der Waals surface area contributed by atoms with Crippen molar-refractivity contribution in [2.75, 3.05) is 32.7 Å². The summed E-state index contributed by atoms with van der Waals surface area (Å²) in [6, 6.07) is 10.1. The van der Waals surface area contributed by atoms with E-state index in [1.54, 1.807) is 11.8 Å². The quantitative estimate of drug-likeness (QED) is 0.790. The van der Waals surface area contributed by atoms with Gasteiger partial charge in [0.1, 0.15) is 0 Å². The Morgan fingerprint density at radius 1 is 1.21 bits per heavy atom. The predicted octanol–water partition coefficient (Wildman–Crippen LogP) is 2.33. The molecule has 1 aromatic carbocycles. The maximum Gasteiger partial charge on any atom is 0.235 e. The summed E-state index contributed by atoms with van der Waals surface area (Å²) in [6.07, 6.45) is 0. The monoisotopic (exact) mass is 278 g/mol. The molecule has 0 radical (unpaired) electrons. The molecule has 1 amide bonds. The van der Waals surface area contributed by atoms with Gasteiger partial charge in [0.15, 0.2) is 0 Å². The molecule has 4 heteroatoms. The predicted molar refractivity (Wildman–Crippen MR) is 80.5 cm³/mol. The van der Waals surface area contributed by atoms with Gasteiger partial charge in [-0.2, -0.15) is 0 Å². The minimum atomic E-state index is -0.00410. The maximum atomic E-state index is 12.4. The van der Waals surface area contributed by atoms with Crippen LogP contribution in [0.3, 0.4) is 0 Å². The van der Waals surface area contributed by atoms with Crippen molar-refractivity contribution in [1.29, 1.82) is 0 Å². The number of benzene rings is 1. The SMILES string of the molecule is CCN1CCN(C(=O)C(C)Sc2ccccc2)CC1. The van der Waals surface area contributed by atoms with E-state index in [0.29, 0.717) is 0 Å². The van der Waals surface area contributed by atoms with Crippen molar-refractivity contribution in [3.63, 3.8) is 0 Å². The highest BCUT2D eigenvalue weighted by molar-refractivity contribution is 8.00. The highest BCUT2D eigenvalue weighted by atomic mass is 32.2. The summed E-state index contributed by atoms with van der Waals surface area (Å²) >= 11 is 1.65. The van der Waals surface area contributed by atoms with E-state index in [-0.39, 0.29) is 11.2 Å². The first-order chi connectivity index (χ1) is 9.20. The maximum absolute atomic E-state index is 12.4. The minimum absolute atomic E-state index is 0.00410. The molecule has 1 unspecified atom stereocenters. The third-order valence-corrected chi connectivity index (χ3v) is 4.63. The first kappa shape index (κ1) is 14.4. The molecule has 0 spiro atoms. The van der Waals surface area contributed by atoms with Crippen molar-refractivity contribution >= 4 is 17.7 Å². The average molecular weight is 278 g/mol. The lowest BCUT2D eigenvalue weighted by atomic mass is 10.3. The molecule has 1 heterocycles.